The summed E-state index contributed by atoms with van der Waals surface area (Å²) in [5, 5.41) is 8.45. The smallest absolute Gasteiger partial charge is 0.247 e. The Morgan fingerprint density at radius 2 is 2.00 bits per heavy atom. The molecule has 2 amide bonds. The highest BCUT2D eigenvalue weighted by Crippen LogP contribution is 2.30. The lowest BCUT2D eigenvalue weighted by Crippen LogP contribution is -2.31. The van der Waals surface area contributed by atoms with Gasteiger partial charge >= 0.3 is 0 Å². The predicted octanol–water partition coefficient (Wildman–Crippen LogP) is 3.35. The van der Waals surface area contributed by atoms with E-state index in [-0.39, 0.29) is 23.4 Å². The van der Waals surface area contributed by atoms with E-state index in [4.69, 9.17) is 10.5 Å². The molecule has 2 heterocycles. The Morgan fingerprint density at radius 3 is 2.78 bits per heavy atom. The number of amidine groups is 1. The maximum absolute atomic E-state index is 12.8. The van der Waals surface area contributed by atoms with E-state index in [9.17, 15) is 9.59 Å². The van der Waals surface area contributed by atoms with Crippen LogP contribution in [0.2, 0.25) is 0 Å². The minimum atomic E-state index is -0.644. The molecule has 0 spiro atoms. The van der Waals surface area contributed by atoms with Crippen molar-refractivity contribution in [3.8, 4) is 5.75 Å². The van der Waals surface area contributed by atoms with Gasteiger partial charge in [0, 0.05) is 23.6 Å². The molecule has 2 aromatic carbocycles. The van der Waals surface area contributed by atoms with Crippen LogP contribution >= 0.6 is 11.8 Å². The van der Waals surface area contributed by atoms with Crippen molar-refractivity contribution in [2.75, 3.05) is 11.5 Å². The summed E-state index contributed by atoms with van der Waals surface area (Å²) in [6, 6.07) is 16.4. The van der Waals surface area contributed by atoms with Crippen LogP contribution in [0, 0.1) is 0 Å². The van der Waals surface area contributed by atoms with Gasteiger partial charge in [-0.25, -0.2) is 4.90 Å². The molecule has 3 aromatic rings. The Bertz CT molecular complexity index is 1200. The van der Waals surface area contributed by atoms with Crippen LogP contribution in [0.3, 0.4) is 0 Å². The summed E-state index contributed by atoms with van der Waals surface area (Å²) in [5.74, 6) is 0.0696. The van der Waals surface area contributed by atoms with E-state index in [2.05, 4.69) is 15.2 Å². The van der Waals surface area contributed by atoms with Crippen molar-refractivity contribution in [3.63, 3.8) is 0 Å². The number of para-hydroxylation sites is 1. The van der Waals surface area contributed by atoms with Gasteiger partial charge in [0.15, 0.2) is 5.17 Å². The zero-order valence-corrected chi connectivity index (χ0v) is 18.2. The highest BCUT2D eigenvalue weighted by molar-refractivity contribution is 8.14. The summed E-state index contributed by atoms with van der Waals surface area (Å²) in [6.45, 7) is 2.43. The second kappa shape index (κ2) is 9.61. The third kappa shape index (κ3) is 4.62. The first kappa shape index (κ1) is 21.5. The number of rotatable bonds is 6. The normalized spacial score (nSPS) is 17.0. The van der Waals surface area contributed by atoms with Gasteiger partial charge in [0.1, 0.15) is 11.0 Å². The third-order valence-electron chi connectivity index (χ3n) is 4.81. The van der Waals surface area contributed by atoms with Crippen LogP contribution in [-0.4, -0.2) is 40.0 Å². The Labute approximate surface area is 189 Å². The van der Waals surface area contributed by atoms with E-state index in [1.165, 1.54) is 4.90 Å². The van der Waals surface area contributed by atoms with E-state index in [0.717, 1.165) is 28.2 Å². The van der Waals surface area contributed by atoms with E-state index in [1.807, 2.05) is 37.3 Å². The minimum absolute atomic E-state index is 0.0473. The highest BCUT2D eigenvalue weighted by Gasteiger charge is 2.40. The van der Waals surface area contributed by atoms with Crippen LogP contribution in [0.25, 0.3) is 10.9 Å². The maximum Gasteiger partial charge on any atom is 0.247 e. The van der Waals surface area contributed by atoms with Gasteiger partial charge in [-0.2, -0.15) is 5.10 Å². The lowest BCUT2D eigenvalue weighted by Gasteiger charge is -2.15. The fourth-order valence-electron chi connectivity index (χ4n) is 3.37. The standard InChI is InChI=1S/C23H21N5O3S/c1-2-31-17-9-7-16(8-10-17)28-21(29)13-20(22(28)30)32-23(24)27-26-14-15-11-12-25-19-6-4-3-5-18(15)19/h3-12,14,20H,2,13H2,1H3,(H2,24,27). The molecule has 32 heavy (non-hydrogen) atoms. The Kier molecular flexibility index (Phi) is 6.46. The number of benzene rings is 2. The first-order valence-electron chi connectivity index (χ1n) is 10.0. The fraction of sp³-hybridized carbons (Fsp3) is 0.174. The van der Waals surface area contributed by atoms with Crippen LogP contribution in [0.1, 0.15) is 18.9 Å². The molecule has 0 radical (unpaired) electrons. The van der Waals surface area contributed by atoms with E-state index >= 15 is 0 Å². The molecule has 4 rings (SSSR count). The van der Waals surface area contributed by atoms with Crippen molar-refractivity contribution in [2.45, 2.75) is 18.6 Å². The molecule has 1 aliphatic rings. The number of hydrogen-bond donors (Lipinski definition) is 1. The van der Waals surface area contributed by atoms with Gasteiger partial charge in [0.05, 0.1) is 24.0 Å². The van der Waals surface area contributed by atoms with Gasteiger partial charge in [-0.3, -0.25) is 14.6 Å². The largest absolute Gasteiger partial charge is 0.494 e. The minimum Gasteiger partial charge on any atom is -0.494 e. The van der Waals surface area contributed by atoms with Gasteiger partial charge in [-0.1, -0.05) is 30.0 Å². The number of pyridine rings is 1. The van der Waals surface area contributed by atoms with Crippen molar-refractivity contribution >= 4 is 51.5 Å². The number of anilines is 1. The Morgan fingerprint density at radius 1 is 1.22 bits per heavy atom. The zero-order chi connectivity index (χ0) is 22.5. The number of thioether (sulfide) groups is 1. The zero-order valence-electron chi connectivity index (χ0n) is 17.3. The molecule has 1 aliphatic heterocycles. The van der Waals surface area contributed by atoms with Crippen molar-refractivity contribution in [3.05, 3.63) is 66.4 Å². The molecule has 0 saturated carbocycles. The van der Waals surface area contributed by atoms with Gasteiger partial charge < -0.3 is 10.5 Å². The first-order valence-corrected chi connectivity index (χ1v) is 10.9. The molecule has 8 nitrogen and oxygen atoms in total. The number of ether oxygens (including phenoxy) is 1. The van der Waals surface area contributed by atoms with E-state index in [1.54, 1.807) is 36.7 Å². The first-order chi connectivity index (χ1) is 15.6. The summed E-state index contributed by atoms with van der Waals surface area (Å²) in [6.07, 6.45) is 3.33. The van der Waals surface area contributed by atoms with Crippen molar-refractivity contribution in [1.29, 1.82) is 0 Å². The predicted molar refractivity (Wildman–Crippen MR) is 127 cm³/mol. The fourth-order valence-corrected chi connectivity index (χ4v) is 4.19. The Hall–Kier alpha value is -3.72. The number of carbonyl (C=O) groups is 2. The number of hydrogen-bond acceptors (Lipinski definition) is 7. The van der Waals surface area contributed by atoms with Gasteiger partial charge in [-0.05, 0) is 43.3 Å². The second-order valence-electron chi connectivity index (χ2n) is 6.91. The van der Waals surface area contributed by atoms with Crippen LogP contribution in [0.15, 0.2) is 71.0 Å². The number of nitrogens with two attached hydrogens (primary N) is 1. The number of aromatic nitrogens is 1. The van der Waals surface area contributed by atoms with Crippen LogP contribution < -0.4 is 15.4 Å². The molecule has 162 valence electrons. The molecule has 9 heteroatoms. The van der Waals surface area contributed by atoms with E-state index < -0.39 is 5.25 Å². The number of nitrogens with zero attached hydrogens (tertiary/aromatic N) is 4. The summed E-state index contributed by atoms with van der Waals surface area (Å²) >= 11 is 1.03. The van der Waals surface area contributed by atoms with Gasteiger partial charge in [0.25, 0.3) is 0 Å². The van der Waals surface area contributed by atoms with E-state index in [0.29, 0.717) is 18.0 Å². The van der Waals surface area contributed by atoms with Crippen LogP contribution in [-0.2, 0) is 9.59 Å². The quantitative estimate of drug-likeness (QED) is 0.269. The lowest BCUT2D eigenvalue weighted by molar-refractivity contribution is -0.121. The topological polar surface area (TPSA) is 110 Å². The number of fused-ring (bicyclic) bond motifs is 1. The number of imide groups is 1. The average Bonchev–Trinajstić information content (AvgIpc) is 3.07. The van der Waals surface area contributed by atoms with Gasteiger partial charge in [-0.15, -0.1) is 5.10 Å². The van der Waals surface area contributed by atoms with Crippen molar-refractivity contribution in [2.24, 2.45) is 15.9 Å². The van der Waals surface area contributed by atoms with Crippen LogP contribution in [0.4, 0.5) is 5.69 Å². The average molecular weight is 448 g/mol. The SMILES string of the molecule is CCOc1ccc(N2C(=O)CC(SC(N)=NN=Cc3ccnc4ccccc34)C2=O)cc1. The highest BCUT2D eigenvalue weighted by atomic mass is 32.2. The molecule has 1 aromatic heterocycles. The molecular formula is C23H21N5O3S. The van der Waals surface area contributed by atoms with Gasteiger partial charge in [0.2, 0.25) is 11.8 Å². The lowest BCUT2D eigenvalue weighted by atomic mass is 10.1. The Balaban J connectivity index is 1.43. The van der Waals surface area contributed by atoms with Crippen LogP contribution in [0.5, 0.6) is 5.75 Å². The molecule has 0 aliphatic carbocycles. The maximum atomic E-state index is 12.8. The van der Waals surface area contributed by atoms with Crippen molar-refractivity contribution in [1.82, 2.24) is 4.98 Å². The molecular weight excluding hydrogens is 426 g/mol. The summed E-state index contributed by atoms with van der Waals surface area (Å²) < 4.78 is 5.40. The summed E-state index contributed by atoms with van der Waals surface area (Å²) in [7, 11) is 0. The summed E-state index contributed by atoms with van der Waals surface area (Å²) in [5.41, 5.74) is 8.17. The number of amides is 2. The third-order valence-corrected chi connectivity index (χ3v) is 5.79. The second-order valence-corrected chi connectivity index (χ2v) is 8.13. The summed E-state index contributed by atoms with van der Waals surface area (Å²) in [4.78, 5) is 30.7. The molecule has 1 fully saturated rings. The molecule has 1 unspecified atom stereocenters. The molecule has 1 saturated heterocycles. The molecule has 0 bridgehead atoms. The van der Waals surface area contributed by atoms with Crippen molar-refractivity contribution < 1.29 is 14.3 Å². The molecule has 1 atom stereocenters. The number of carbonyl (C=O) groups excluding carboxylic acids is 2. The molecule has 2 N–H and O–H groups in total. The monoisotopic (exact) mass is 447 g/mol.